The minimum Gasteiger partial charge on any atom is -0.452 e. The highest BCUT2D eigenvalue weighted by Crippen LogP contribution is 2.20. The molecule has 0 aromatic heterocycles. The van der Waals surface area contributed by atoms with Crippen LogP contribution in [-0.2, 0) is 9.53 Å². The normalized spacial score (nSPS) is 10.3. The second-order valence-electron chi connectivity index (χ2n) is 4.71. The minimum atomic E-state index is -0.970. The Balaban J connectivity index is 1.94. The summed E-state index contributed by atoms with van der Waals surface area (Å²) in [6, 6.07) is 8.47. The standard InChI is InChI=1S/C16H12Cl2FNO3/c1-9-2-4-11(7-13(9)18)20-15(21)8-23-16(22)12-6-10(17)3-5-14(12)19/h2-7H,8H2,1H3,(H,20,21). The number of carbonyl (C=O) groups excluding carboxylic acids is 2. The molecule has 1 N–H and O–H groups in total. The van der Waals surface area contributed by atoms with Crippen molar-refractivity contribution in [1.29, 1.82) is 0 Å². The van der Waals surface area contributed by atoms with Gasteiger partial charge in [-0.2, -0.15) is 0 Å². The molecule has 0 heterocycles. The van der Waals surface area contributed by atoms with Crippen LogP contribution in [0.1, 0.15) is 15.9 Å². The summed E-state index contributed by atoms with van der Waals surface area (Å²) in [5.74, 6) is -2.31. The topological polar surface area (TPSA) is 55.4 Å². The number of ether oxygens (including phenoxy) is 1. The first kappa shape index (κ1) is 17.2. The molecular weight excluding hydrogens is 344 g/mol. The summed E-state index contributed by atoms with van der Waals surface area (Å²) in [6.45, 7) is 1.27. The van der Waals surface area contributed by atoms with Crippen LogP contribution in [0, 0.1) is 12.7 Å². The van der Waals surface area contributed by atoms with Crippen LogP contribution in [0.25, 0.3) is 0 Å². The molecule has 23 heavy (non-hydrogen) atoms. The molecule has 0 aliphatic carbocycles. The van der Waals surface area contributed by atoms with Crippen LogP contribution >= 0.6 is 23.2 Å². The average Bonchev–Trinajstić information content (AvgIpc) is 2.51. The lowest BCUT2D eigenvalue weighted by atomic mass is 10.2. The predicted molar refractivity (Wildman–Crippen MR) is 86.5 cm³/mol. The Morgan fingerprint density at radius 1 is 1.17 bits per heavy atom. The van der Waals surface area contributed by atoms with Gasteiger partial charge in [0, 0.05) is 15.7 Å². The third kappa shape index (κ3) is 4.68. The molecule has 4 nitrogen and oxygen atoms in total. The lowest BCUT2D eigenvalue weighted by Gasteiger charge is -2.08. The van der Waals surface area contributed by atoms with E-state index in [-0.39, 0.29) is 10.6 Å². The van der Waals surface area contributed by atoms with Crippen LogP contribution in [0.5, 0.6) is 0 Å². The molecule has 2 rings (SSSR count). The summed E-state index contributed by atoms with van der Waals surface area (Å²) in [5.41, 5.74) is 1.01. The maximum Gasteiger partial charge on any atom is 0.341 e. The Labute approximate surface area is 142 Å². The Morgan fingerprint density at radius 3 is 2.61 bits per heavy atom. The van der Waals surface area contributed by atoms with Crippen LogP contribution in [0.4, 0.5) is 10.1 Å². The number of nitrogens with one attached hydrogen (secondary N) is 1. The Hall–Kier alpha value is -2.11. The van der Waals surface area contributed by atoms with Gasteiger partial charge in [0.2, 0.25) is 0 Å². The van der Waals surface area contributed by atoms with Crippen molar-refractivity contribution in [3.63, 3.8) is 0 Å². The number of anilines is 1. The van der Waals surface area contributed by atoms with Crippen molar-refractivity contribution in [3.05, 3.63) is 63.4 Å². The number of benzene rings is 2. The molecule has 2 aromatic rings. The summed E-state index contributed by atoms with van der Waals surface area (Å²) in [5, 5.41) is 3.21. The smallest absolute Gasteiger partial charge is 0.341 e. The van der Waals surface area contributed by atoms with E-state index in [1.165, 1.54) is 6.07 Å². The summed E-state index contributed by atoms with van der Waals surface area (Å²) < 4.78 is 18.3. The molecule has 0 saturated heterocycles. The molecule has 2 aromatic carbocycles. The Kier molecular flexibility index (Phi) is 5.58. The molecule has 0 spiro atoms. The van der Waals surface area contributed by atoms with Crippen molar-refractivity contribution in [2.45, 2.75) is 6.92 Å². The van der Waals surface area contributed by atoms with Crippen LogP contribution in [0.2, 0.25) is 10.0 Å². The van der Waals surface area contributed by atoms with Gasteiger partial charge in [0.15, 0.2) is 6.61 Å². The van der Waals surface area contributed by atoms with Crippen molar-refractivity contribution in [1.82, 2.24) is 0 Å². The van der Waals surface area contributed by atoms with E-state index in [4.69, 9.17) is 27.9 Å². The van der Waals surface area contributed by atoms with Gasteiger partial charge in [-0.05, 0) is 42.8 Å². The van der Waals surface area contributed by atoms with Gasteiger partial charge in [0.25, 0.3) is 5.91 Å². The SMILES string of the molecule is Cc1ccc(NC(=O)COC(=O)c2cc(Cl)ccc2F)cc1Cl. The zero-order valence-corrected chi connectivity index (χ0v) is 13.5. The van der Waals surface area contributed by atoms with E-state index in [1.807, 2.05) is 6.92 Å². The molecule has 120 valence electrons. The molecule has 0 fully saturated rings. The number of aryl methyl sites for hydroxylation is 1. The number of carbonyl (C=O) groups is 2. The monoisotopic (exact) mass is 355 g/mol. The van der Waals surface area contributed by atoms with E-state index in [9.17, 15) is 14.0 Å². The van der Waals surface area contributed by atoms with E-state index in [0.717, 1.165) is 17.7 Å². The zero-order valence-electron chi connectivity index (χ0n) is 12.0. The highest BCUT2D eigenvalue weighted by atomic mass is 35.5. The fraction of sp³-hybridized carbons (Fsp3) is 0.125. The lowest BCUT2D eigenvalue weighted by Crippen LogP contribution is -2.21. The van der Waals surface area contributed by atoms with Gasteiger partial charge in [0.05, 0.1) is 5.56 Å². The van der Waals surface area contributed by atoms with E-state index in [1.54, 1.807) is 18.2 Å². The second-order valence-corrected chi connectivity index (χ2v) is 5.56. The lowest BCUT2D eigenvalue weighted by molar-refractivity contribution is -0.119. The molecule has 0 radical (unpaired) electrons. The highest BCUT2D eigenvalue weighted by Gasteiger charge is 2.15. The number of hydrogen-bond donors (Lipinski definition) is 1. The first-order valence-corrected chi connectivity index (χ1v) is 7.30. The van der Waals surface area contributed by atoms with Crippen molar-refractivity contribution in [2.24, 2.45) is 0 Å². The average molecular weight is 356 g/mol. The predicted octanol–water partition coefficient (Wildman–Crippen LogP) is 4.24. The van der Waals surface area contributed by atoms with Crippen LogP contribution in [-0.4, -0.2) is 18.5 Å². The Morgan fingerprint density at radius 2 is 1.91 bits per heavy atom. The van der Waals surface area contributed by atoms with E-state index < -0.39 is 24.3 Å². The van der Waals surface area contributed by atoms with Crippen LogP contribution in [0.15, 0.2) is 36.4 Å². The van der Waals surface area contributed by atoms with E-state index >= 15 is 0 Å². The molecule has 7 heteroatoms. The number of esters is 1. The number of hydrogen-bond acceptors (Lipinski definition) is 3. The summed E-state index contributed by atoms with van der Waals surface area (Å²) in [6.07, 6.45) is 0. The first-order valence-electron chi connectivity index (χ1n) is 6.55. The van der Waals surface area contributed by atoms with Crippen LogP contribution in [0.3, 0.4) is 0 Å². The van der Waals surface area contributed by atoms with E-state index in [0.29, 0.717) is 10.7 Å². The third-order valence-electron chi connectivity index (χ3n) is 2.94. The fourth-order valence-corrected chi connectivity index (χ4v) is 2.08. The van der Waals surface area contributed by atoms with Gasteiger partial charge in [-0.15, -0.1) is 0 Å². The van der Waals surface area contributed by atoms with Gasteiger partial charge in [0.1, 0.15) is 5.82 Å². The van der Waals surface area contributed by atoms with Crippen molar-refractivity contribution in [3.8, 4) is 0 Å². The van der Waals surface area contributed by atoms with Gasteiger partial charge in [-0.1, -0.05) is 29.3 Å². The largest absolute Gasteiger partial charge is 0.452 e. The molecule has 0 aliphatic heterocycles. The number of amides is 1. The maximum atomic E-state index is 13.5. The molecule has 0 unspecified atom stereocenters. The quantitative estimate of drug-likeness (QED) is 0.834. The first-order chi connectivity index (χ1) is 10.9. The second kappa shape index (κ2) is 7.44. The minimum absolute atomic E-state index is 0.192. The highest BCUT2D eigenvalue weighted by molar-refractivity contribution is 6.31. The van der Waals surface area contributed by atoms with E-state index in [2.05, 4.69) is 5.32 Å². The third-order valence-corrected chi connectivity index (χ3v) is 3.58. The fourth-order valence-electron chi connectivity index (χ4n) is 1.73. The molecule has 0 saturated carbocycles. The van der Waals surface area contributed by atoms with Gasteiger partial charge < -0.3 is 10.1 Å². The molecule has 1 amide bonds. The Bertz CT molecular complexity index is 765. The molecule has 0 bridgehead atoms. The van der Waals surface area contributed by atoms with Crippen molar-refractivity contribution < 1.29 is 18.7 Å². The van der Waals surface area contributed by atoms with Gasteiger partial charge in [-0.3, -0.25) is 4.79 Å². The van der Waals surface area contributed by atoms with Crippen molar-refractivity contribution in [2.75, 3.05) is 11.9 Å². The van der Waals surface area contributed by atoms with Crippen LogP contribution < -0.4 is 5.32 Å². The number of halogens is 3. The van der Waals surface area contributed by atoms with Gasteiger partial charge >= 0.3 is 5.97 Å². The summed E-state index contributed by atoms with van der Waals surface area (Å²) in [4.78, 5) is 23.5. The molecule has 0 atom stereocenters. The number of rotatable bonds is 4. The van der Waals surface area contributed by atoms with Crippen molar-refractivity contribution >= 4 is 40.8 Å². The van der Waals surface area contributed by atoms with Gasteiger partial charge in [-0.25, -0.2) is 9.18 Å². The molecule has 0 aliphatic rings. The summed E-state index contributed by atoms with van der Waals surface area (Å²) >= 11 is 11.6. The zero-order chi connectivity index (χ0) is 17.0. The summed E-state index contributed by atoms with van der Waals surface area (Å²) in [7, 11) is 0. The molecular formula is C16H12Cl2FNO3. The maximum absolute atomic E-state index is 13.5.